The van der Waals surface area contributed by atoms with Crippen LogP contribution in [0, 0.1) is 6.92 Å². The van der Waals surface area contributed by atoms with Crippen LogP contribution in [0.25, 0.3) is 22.1 Å². The van der Waals surface area contributed by atoms with Crippen LogP contribution in [0.4, 0.5) is 5.69 Å². The Bertz CT molecular complexity index is 1120. The number of hydrogen-bond acceptors (Lipinski definition) is 3. The van der Waals surface area contributed by atoms with Crippen molar-refractivity contribution >= 4 is 49.6 Å². The van der Waals surface area contributed by atoms with Crippen molar-refractivity contribution in [2.45, 2.75) is 6.92 Å². The highest BCUT2D eigenvalue weighted by atomic mass is 79.9. The molecule has 0 aliphatic rings. The number of amides is 1. The number of benzene rings is 3. The molecule has 0 radical (unpaired) electrons. The number of rotatable bonds is 2. The van der Waals surface area contributed by atoms with E-state index in [4.69, 9.17) is 0 Å². The minimum Gasteiger partial charge on any atom is -0.322 e. The normalized spacial score (nSPS) is 11.0. The Hall–Kier alpha value is -2.79. The zero-order valence-electron chi connectivity index (χ0n) is 13.5. The Balaban J connectivity index is 1.69. The maximum absolute atomic E-state index is 12.5. The molecule has 0 saturated carbocycles. The first-order valence-corrected chi connectivity index (χ1v) is 8.63. The summed E-state index contributed by atoms with van der Waals surface area (Å²) in [4.78, 5) is 21.7. The number of nitrogens with zero attached hydrogens (tertiary/aromatic N) is 2. The second-order valence-corrected chi connectivity index (χ2v) is 6.69. The fourth-order valence-corrected chi connectivity index (χ4v) is 2.93. The minimum atomic E-state index is -0.168. The topological polar surface area (TPSA) is 54.9 Å². The molecule has 1 N–H and O–H groups in total. The van der Waals surface area contributed by atoms with Gasteiger partial charge < -0.3 is 5.32 Å². The van der Waals surface area contributed by atoms with Crippen LogP contribution in [0.3, 0.4) is 0 Å². The zero-order chi connectivity index (χ0) is 17.4. The van der Waals surface area contributed by atoms with Crippen molar-refractivity contribution in [1.82, 2.24) is 9.97 Å². The zero-order valence-corrected chi connectivity index (χ0v) is 15.0. The van der Waals surface area contributed by atoms with Crippen molar-refractivity contribution in [2.75, 3.05) is 5.32 Å². The number of carbonyl (C=O) groups excluding carboxylic acids is 1. The van der Waals surface area contributed by atoms with Gasteiger partial charge in [0.2, 0.25) is 0 Å². The predicted octanol–water partition coefficient (Wildman–Crippen LogP) is 5.11. The summed E-state index contributed by atoms with van der Waals surface area (Å²) in [5.74, 6) is -0.168. The molecule has 3 aromatic carbocycles. The van der Waals surface area contributed by atoms with E-state index in [2.05, 4.69) is 31.2 Å². The van der Waals surface area contributed by atoms with Gasteiger partial charge in [0.05, 0.1) is 22.1 Å². The van der Waals surface area contributed by atoms with E-state index in [1.54, 1.807) is 12.1 Å². The van der Waals surface area contributed by atoms with E-state index in [1.807, 2.05) is 55.5 Å². The van der Waals surface area contributed by atoms with E-state index < -0.39 is 0 Å². The van der Waals surface area contributed by atoms with Crippen LogP contribution in [0.15, 0.2) is 65.1 Å². The Kier molecular flexibility index (Phi) is 3.93. The number of aromatic nitrogens is 2. The Morgan fingerprint density at radius 2 is 1.56 bits per heavy atom. The third-order valence-electron chi connectivity index (χ3n) is 4.02. The van der Waals surface area contributed by atoms with Gasteiger partial charge in [-0.3, -0.25) is 4.79 Å². The van der Waals surface area contributed by atoms with E-state index in [0.29, 0.717) is 11.1 Å². The van der Waals surface area contributed by atoms with Crippen LogP contribution in [-0.2, 0) is 0 Å². The van der Waals surface area contributed by atoms with Crippen molar-refractivity contribution < 1.29 is 4.79 Å². The van der Waals surface area contributed by atoms with Gasteiger partial charge in [-0.1, -0.05) is 28.1 Å². The van der Waals surface area contributed by atoms with Crippen LogP contribution in [0.5, 0.6) is 0 Å². The molecule has 4 nitrogen and oxygen atoms in total. The SMILES string of the molecule is Cc1cc(NC(=O)c2ccc3nc4ccccc4nc3c2)ccc1Br. The Morgan fingerprint density at radius 1 is 0.880 bits per heavy atom. The molecule has 0 bridgehead atoms. The van der Waals surface area contributed by atoms with Gasteiger partial charge >= 0.3 is 0 Å². The average Bonchev–Trinajstić information content (AvgIpc) is 2.62. The van der Waals surface area contributed by atoms with Crippen molar-refractivity contribution in [3.63, 3.8) is 0 Å². The highest BCUT2D eigenvalue weighted by Gasteiger charge is 2.09. The van der Waals surface area contributed by atoms with Gasteiger partial charge in [-0.05, 0) is 61.0 Å². The minimum absolute atomic E-state index is 0.168. The molecule has 4 aromatic rings. The third-order valence-corrected chi connectivity index (χ3v) is 4.91. The molecule has 0 spiro atoms. The Morgan fingerprint density at radius 3 is 2.28 bits per heavy atom. The first-order chi connectivity index (χ1) is 12.1. The van der Waals surface area contributed by atoms with Crippen LogP contribution < -0.4 is 5.32 Å². The number of anilines is 1. The molecule has 1 amide bonds. The molecule has 0 aliphatic carbocycles. The maximum atomic E-state index is 12.5. The number of halogens is 1. The predicted molar refractivity (Wildman–Crippen MR) is 104 cm³/mol. The summed E-state index contributed by atoms with van der Waals surface area (Å²) in [6.45, 7) is 1.98. The summed E-state index contributed by atoms with van der Waals surface area (Å²) in [6.07, 6.45) is 0. The van der Waals surface area contributed by atoms with Gasteiger partial charge in [-0.2, -0.15) is 0 Å². The largest absolute Gasteiger partial charge is 0.322 e. The van der Waals surface area contributed by atoms with E-state index >= 15 is 0 Å². The van der Waals surface area contributed by atoms with Crippen LogP contribution in [0.1, 0.15) is 15.9 Å². The molecule has 0 atom stereocenters. The van der Waals surface area contributed by atoms with Crippen LogP contribution in [-0.4, -0.2) is 15.9 Å². The number of nitrogens with one attached hydrogen (secondary N) is 1. The lowest BCUT2D eigenvalue weighted by atomic mass is 10.1. The van der Waals surface area contributed by atoms with Gasteiger partial charge in [0, 0.05) is 15.7 Å². The van der Waals surface area contributed by atoms with E-state index in [-0.39, 0.29) is 5.91 Å². The monoisotopic (exact) mass is 391 g/mol. The molecule has 0 saturated heterocycles. The van der Waals surface area contributed by atoms with Crippen molar-refractivity contribution in [3.8, 4) is 0 Å². The van der Waals surface area contributed by atoms with Gasteiger partial charge in [0.25, 0.3) is 5.91 Å². The molecule has 4 rings (SSSR count). The summed E-state index contributed by atoms with van der Waals surface area (Å²) in [5, 5.41) is 2.92. The molecule has 0 fully saturated rings. The summed E-state index contributed by atoms with van der Waals surface area (Å²) in [7, 11) is 0. The summed E-state index contributed by atoms with van der Waals surface area (Å²) < 4.78 is 1.01. The van der Waals surface area contributed by atoms with Crippen molar-refractivity contribution in [1.29, 1.82) is 0 Å². The Labute approximate surface area is 153 Å². The highest BCUT2D eigenvalue weighted by molar-refractivity contribution is 9.10. The second kappa shape index (κ2) is 6.26. The lowest BCUT2D eigenvalue weighted by Gasteiger charge is -2.08. The lowest BCUT2D eigenvalue weighted by Crippen LogP contribution is -2.12. The quantitative estimate of drug-likeness (QED) is 0.483. The molecule has 0 unspecified atom stereocenters. The number of para-hydroxylation sites is 2. The second-order valence-electron chi connectivity index (χ2n) is 5.83. The van der Waals surface area contributed by atoms with Crippen LogP contribution >= 0.6 is 15.9 Å². The third kappa shape index (κ3) is 3.10. The molecular weight excluding hydrogens is 378 g/mol. The summed E-state index contributed by atoms with van der Waals surface area (Å²) in [5.41, 5.74) is 5.52. The number of fused-ring (bicyclic) bond motifs is 2. The van der Waals surface area contributed by atoms with E-state index in [9.17, 15) is 4.79 Å². The molecule has 1 aromatic heterocycles. The van der Waals surface area contributed by atoms with Crippen molar-refractivity contribution in [2.24, 2.45) is 0 Å². The van der Waals surface area contributed by atoms with Gasteiger partial charge in [0.1, 0.15) is 0 Å². The summed E-state index contributed by atoms with van der Waals surface area (Å²) >= 11 is 3.46. The molecular formula is C20H14BrN3O. The summed E-state index contributed by atoms with van der Waals surface area (Å²) in [6, 6.07) is 18.8. The van der Waals surface area contributed by atoms with E-state index in [0.717, 1.165) is 32.3 Å². The molecule has 5 heteroatoms. The van der Waals surface area contributed by atoms with Gasteiger partial charge in [-0.25, -0.2) is 9.97 Å². The first-order valence-electron chi connectivity index (χ1n) is 7.84. The fraction of sp³-hybridized carbons (Fsp3) is 0.0500. The number of hydrogen-bond donors (Lipinski definition) is 1. The van der Waals surface area contributed by atoms with Crippen LogP contribution in [0.2, 0.25) is 0 Å². The van der Waals surface area contributed by atoms with Gasteiger partial charge in [-0.15, -0.1) is 0 Å². The standard InChI is InChI=1S/C20H14BrN3O/c1-12-10-14(7-8-15(12)21)22-20(25)13-6-9-18-19(11-13)24-17-5-3-2-4-16(17)23-18/h2-11H,1H3,(H,22,25). The average molecular weight is 392 g/mol. The number of aryl methyl sites for hydroxylation is 1. The van der Waals surface area contributed by atoms with Crippen molar-refractivity contribution in [3.05, 3.63) is 76.3 Å². The highest BCUT2D eigenvalue weighted by Crippen LogP contribution is 2.21. The molecule has 0 aliphatic heterocycles. The number of carbonyl (C=O) groups is 1. The first kappa shape index (κ1) is 15.7. The molecule has 1 heterocycles. The maximum Gasteiger partial charge on any atom is 0.255 e. The fourth-order valence-electron chi connectivity index (χ4n) is 2.69. The molecule has 25 heavy (non-hydrogen) atoms. The smallest absolute Gasteiger partial charge is 0.255 e. The van der Waals surface area contributed by atoms with Gasteiger partial charge in [0.15, 0.2) is 0 Å². The lowest BCUT2D eigenvalue weighted by molar-refractivity contribution is 0.102. The molecule has 122 valence electrons. The van der Waals surface area contributed by atoms with E-state index in [1.165, 1.54) is 0 Å².